The molecule has 0 spiro atoms. The lowest BCUT2D eigenvalue weighted by Gasteiger charge is -2.33. The van der Waals surface area contributed by atoms with E-state index in [4.69, 9.17) is 9.51 Å². The number of rotatable bonds is 4. The van der Waals surface area contributed by atoms with Crippen molar-refractivity contribution >= 4 is 21.7 Å². The van der Waals surface area contributed by atoms with Crippen LogP contribution in [0.5, 0.6) is 0 Å². The fourth-order valence-corrected chi connectivity index (χ4v) is 5.29. The number of hydrogen-bond donors (Lipinski definition) is 0. The molecule has 4 heterocycles. The smallest absolute Gasteiger partial charge is 0.292 e. The zero-order chi connectivity index (χ0) is 22.2. The highest BCUT2D eigenvalue weighted by atomic mass is 32.2. The van der Waals surface area contributed by atoms with Crippen LogP contribution in [0, 0.1) is 12.8 Å². The van der Waals surface area contributed by atoms with Crippen molar-refractivity contribution in [1.82, 2.24) is 20.0 Å². The normalized spacial score (nSPS) is 20.8. The van der Waals surface area contributed by atoms with Gasteiger partial charge in [-0.25, -0.2) is 18.4 Å². The van der Waals surface area contributed by atoms with Gasteiger partial charge in [0, 0.05) is 44.4 Å². The average molecular weight is 448 g/mol. The molecule has 2 aromatic rings. The third kappa shape index (κ3) is 4.73. The second-order valence-electron chi connectivity index (χ2n) is 8.78. The molecule has 0 bridgehead atoms. The van der Waals surface area contributed by atoms with Crippen LogP contribution in [0.3, 0.4) is 0 Å². The molecule has 0 unspecified atom stereocenters. The first-order chi connectivity index (χ1) is 14.7. The van der Waals surface area contributed by atoms with Crippen LogP contribution in [-0.2, 0) is 9.84 Å². The molecular formula is C21H29N5O4S. The van der Waals surface area contributed by atoms with E-state index < -0.39 is 9.84 Å². The average Bonchev–Trinajstić information content (AvgIpc) is 3.18. The van der Waals surface area contributed by atoms with Gasteiger partial charge in [0.2, 0.25) is 11.7 Å². The number of piperidine rings is 2. The molecule has 2 aromatic heterocycles. The fraction of sp³-hybridized carbons (Fsp3) is 0.619. The maximum absolute atomic E-state index is 12.6. The number of anilines is 1. The Morgan fingerprint density at radius 1 is 1.19 bits per heavy atom. The van der Waals surface area contributed by atoms with E-state index in [1.165, 1.54) is 18.9 Å². The molecule has 0 N–H and O–H groups in total. The quantitative estimate of drug-likeness (QED) is 0.703. The van der Waals surface area contributed by atoms with E-state index >= 15 is 0 Å². The first-order valence-corrected chi connectivity index (χ1v) is 12.7. The minimum absolute atomic E-state index is 0.0470. The Morgan fingerprint density at radius 3 is 2.55 bits per heavy atom. The summed E-state index contributed by atoms with van der Waals surface area (Å²) in [5.74, 6) is 1.16. The molecule has 9 nitrogen and oxygen atoms in total. The van der Waals surface area contributed by atoms with Crippen molar-refractivity contribution in [3.05, 3.63) is 29.4 Å². The molecule has 2 fully saturated rings. The SMILES string of the molecule is Cc1cc(C(=O)N2CCC(c3nc(N4CCC[C@@H](C)C4)ncc3S(C)(=O)=O)CC2)on1. The van der Waals surface area contributed by atoms with Gasteiger partial charge < -0.3 is 14.3 Å². The van der Waals surface area contributed by atoms with Crippen LogP contribution in [0.15, 0.2) is 21.7 Å². The van der Waals surface area contributed by atoms with Crippen LogP contribution in [-0.4, -0.2) is 66.8 Å². The van der Waals surface area contributed by atoms with Gasteiger partial charge in [-0.05, 0) is 38.5 Å². The van der Waals surface area contributed by atoms with Crippen molar-refractivity contribution in [3.8, 4) is 0 Å². The highest BCUT2D eigenvalue weighted by molar-refractivity contribution is 7.90. The molecule has 0 radical (unpaired) electrons. The minimum Gasteiger partial charge on any atom is -0.351 e. The number of carbonyl (C=O) groups excluding carboxylic acids is 1. The highest BCUT2D eigenvalue weighted by Crippen LogP contribution is 2.33. The molecule has 0 aliphatic carbocycles. The van der Waals surface area contributed by atoms with Gasteiger partial charge in [0.25, 0.3) is 5.91 Å². The Labute approximate surface area is 182 Å². The summed E-state index contributed by atoms with van der Waals surface area (Å²) in [5.41, 5.74) is 1.24. The van der Waals surface area contributed by atoms with E-state index in [9.17, 15) is 13.2 Å². The fourth-order valence-electron chi connectivity index (χ4n) is 4.45. The molecule has 0 saturated carbocycles. The van der Waals surface area contributed by atoms with E-state index in [-0.39, 0.29) is 22.5 Å². The van der Waals surface area contributed by atoms with E-state index in [0.717, 1.165) is 19.5 Å². The number of likely N-dealkylation sites (tertiary alicyclic amines) is 1. The van der Waals surface area contributed by atoms with Crippen molar-refractivity contribution in [2.45, 2.75) is 50.3 Å². The summed E-state index contributed by atoms with van der Waals surface area (Å²) in [7, 11) is -3.46. The summed E-state index contributed by atoms with van der Waals surface area (Å²) in [6.45, 7) is 6.75. The van der Waals surface area contributed by atoms with Gasteiger partial charge in [0.1, 0.15) is 4.90 Å². The molecule has 2 aliphatic rings. The van der Waals surface area contributed by atoms with Crippen LogP contribution in [0.2, 0.25) is 0 Å². The number of sulfone groups is 1. The monoisotopic (exact) mass is 447 g/mol. The van der Waals surface area contributed by atoms with Crippen molar-refractivity contribution < 1.29 is 17.7 Å². The van der Waals surface area contributed by atoms with Crippen molar-refractivity contribution in [1.29, 1.82) is 0 Å². The van der Waals surface area contributed by atoms with Gasteiger partial charge in [-0.1, -0.05) is 12.1 Å². The second-order valence-corrected chi connectivity index (χ2v) is 10.8. The lowest BCUT2D eigenvalue weighted by atomic mass is 9.93. The van der Waals surface area contributed by atoms with Crippen molar-refractivity contribution in [2.24, 2.45) is 5.92 Å². The molecular weight excluding hydrogens is 418 g/mol. The van der Waals surface area contributed by atoms with Gasteiger partial charge in [0.15, 0.2) is 9.84 Å². The molecule has 10 heteroatoms. The van der Waals surface area contributed by atoms with Gasteiger partial charge in [-0.15, -0.1) is 0 Å². The lowest BCUT2D eigenvalue weighted by Crippen LogP contribution is -2.38. The third-order valence-electron chi connectivity index (χ3n) is 6.12. The molecule has 1 amide bonds. The van der Waals surface area contributed by atoms with Gasteiger partial charge >= 0.3 is 0 Å². The topological polar surface area (TPSA) is 110 Å². The molecule has 31 heavy (non-hydrogen) atoms. The third-order valence-corrected chi connectivity index (χ3v) is 7.23. The van der Waals surface area contributed by atoms with Crippen molar-refractivity contribution in [2.75, 3.05) is 37.3 Å². The Bertz CT molecular complexity index is 1060. The highest BCUT2D eigenvalue weighted by Gasteiger charge is 2.31. The summed E-state index contributed by atoms with van der Waals surface area (Å²) < 4.78 is 29.9. The standard InChI is InChI=1S/C21H29N5O4S/c1-14-5-4-8-26(13-14)21-22-12-18(31(3,28)29)19(23-21)16-6-9-25(10-7-16)20(27)17-11-15(2)24-30-17/h11-12,14,16H,4-10,13H2,1-3H3/t14-/m1/s1. The van der Waals surface area contributed by atoms with Crippen molar-refractivity contribution in [3.63, 3.8) is 0 Å². The van der Waals surface area contributed by atoms with Crippen LogP contribution >= 0.6 is 0 Å². The number of hydrogen-bond acceptors (Lipinski definition) is 8. The number of nitrogens with zero attached hydrogens (tertiary/aromatic N) is 5. The Hall–Kier alpha value is -2.49. The molecule has 168 valence electrons. The van der Waals surface area contributed by atoms with Gasteiger partial charge in [0.05, 0.1) is 17.6 Å². The number of carbonyl (C=O) groups is 1. The molecule has 4 rings (SSSR count). The summed E-state index contributed by atoms with van der Waals surface area (Å²) in [5, 5.41) is 3.78. The van der Waals surface area contributed by atoms with Crippen LogP contribution in [0.25, 0.3) is 0 Å². The van der Waals surface area contributed by atoms with Crippen LogP contribution in [0.4, 0.5) is 5.95 Å². The molecule has 0 aromatic carbocycles. The molecule has 1 atom stereocenters. The summed E-state index contributed by atoms with van der Waals surface area (Å²) >= 11 is 0. The largest absolute Gasteiger partial charge is 0.351 e. The first-order valence-electron chi connectivity index (χ1n) is 10.8. The number of aryl methyl sites for hydroxylation is 1. The van der Waals surface area contributed by atoms with Crippen LogP contribution in [0.1, 0.15) is 60.5 Å². The maximum Gasteiger partial charge on any atom is 0.292 e. The number of aromatic nitrogens is 3. The predicted molar refractivity (Wildman–Crippen MR) is 115 cm³/mol. The summed E-state index contributed by atoms with van der Waals surface area (Å²) in [6, 6.07) is 1.63. The minimum atomic E-state index is -3.46. The van der Waals surface area contributed by atoms with E-state index in [2.05, 4.69) is 22.0 Å². The lowest BCUT2D eigenvalue weighted by molar-refractivity contribution is 0.0669. The van der Waals surface area contributed by atoms with Gasteiger partial charge in [-0.2, -0.15) is 0 Å². The van der Waals surface area contributed by atoms with Crippen LogP contribution < -0.4 is 4.90 Å². The zero-order valence-corrected chi connectivity index (χ0v) is 19.1. The summed E-state index contributed by atoms with van der Waals surface area (Å²) in [6.07, 6.45) is 6.18. The Kier molecular flexibility index (Phi) is 6.00. The number of amides is 1. The Morgan fingerprint density at radius 2 is 1.94 bits per heavy atom. The van der Waals surface area contributed by atoms with E-state index in [1.54, 1.807) is 17.9 Å². The Balaban J connectivity index is 1.55. The second kappa shape index (κ2) is 8.57. The zero-order valence-electron chi connectivity index (χ0n) is 18.2. The van der Waals surface area contributed by atoms with E-state index in [1.807, 2.05) is 0 Å². The van der Waals surface area contributed by atoms with Gasteiger partial charge in [-0.3, -0.25) is 4.79 Å². The molecule has 2 aliphatic heterocycles. The molecule has 2 saturated heterocycles. The summed E-state index contributed by atoms with van der Waals surface area (Å²) in [4.78, 5) is 25.9. The first kappa shape index (κ1) is 21.7. The predicted octanol–water partition coefficient (Wildman–Crippen LogP) is 2.43. The maximum atomic E-state index is 12.6. The van der Waals surface area contributed by atoms with E-state index in [0.29, 0.717) is 49.2 Å².